The third kappa shape index (κ3) is 7.34. The van der Waals surface area contributed by atoms with Gasteiger partial charge in [0.05, 0.1) is 0 Å². The Kier molecular flexibility index (Phi) is 7.94. The minimum absolute atomic E-state index is 2.92. The maximum atomic E-state index is 12.6. The van der Waals surface area contributed by atoms with Gasteiger partial charge in [-0.25, -0.2) is 0 Å². The van der Waals surface area contributed by atoms with Crippen LogP contribution in [0.25, 0.3) is 0 Å². The summed E-state index contributed by atoms with van der Waals surface area (Å²) < 4.78 is 193. The molecule has 0 radical (unpaired) electrons. The van der Waals surface area contributed by atoms with E-state index in [1.165, 1.54) is 0 Å². The molecule has 0 aliphatic rings. The second-order valence-corrected chi connectivity index (χ2v) is 4.83. The largest absolute Gasteiger partial charge is 0.455 e. The fraction of sp³-hybridized carbons (Fsp3) is 1.00. The van der Waals surface area contributed by atoms with Crippen molar-refractivity contribution < 1.29 is 80.1 Å². The first-order valence-electron chi connectivity index (χ1n) is 6.22. The van der Waals surface area contributed by atoms with Crippen LogP contribution in [0.1, 0.15) is 0 Å². The van der Waals surface area contributed by atoms with E-state index in [9.17, 15) is 65.9 Å². The summed E-state index contributed by atoms with van der Waals surface area (Å²) in [5.41, 5.74) is 0. The van der Waals surface area contributed by atoms with E-state index in [-0.39, 0.29) is 0 Å². The van der Waals surface area contributed by atoms with Gasteiger partial charge in [-0.2, -0.15) is 65.9 Å². The van der Waals surface area contributed by atoms with Gasteiger partial charge in [0.2, 0.25) is 0 Å². The van der Waals surface area contributed by atoms with Gasteiger partial charge in [-0.15, -0.1) is 0 Å². The topological polar surface area (TPSA) is 27.7 Å². The summed E-state index contributed by atoms with van der Waals surface area (Å²) in [4.78, 5) is 0. The summed E-state index contributed by atoms with van der Waals surface area (Å²) in [7, 11) is 0. The predicted molar refractivity (Wildman–Crippen MR) is 54.7 cm³/mol. The zero-order valence-electron chi connectivity index (χ0n) is 12.6. The van der Waals surface area contributed by atoms with Gasteiger partial charge in [0.25, 0.3) is 6.48 Å². The molecular weight excluding hydrogens is 453 g/mol. The summed E-state index contributed by atoms with van der Waals surface area (Å²) in [6, 6.07) is 0. The second kappa shape index (κ2) is 8.29. The third-order valence-corrected chi connectivity index (χ3v) is 2.45. The van der Waals surface area contributed by atoms with Crippen LogP contribution in [0.2, 0.25) is 0 Å². The highest BCUT2D eigenvalue weighted by atomic mass is 19.4. The molecule has 0 aromatic heterocycles. The first-order chi connectivity index (χ1) is 12.0. The number of hydrogen-bond donors (Lipinski definition) is 0. The fourth-order valence-corrected chi connectivity index (χ4v) is 0.908. The van der Waals surface area contributed by atoms with Crippen LogP contribution in [0.5, 0.6) is 0 Å². The van der Waals surface area contributed by atoms with Crippen LogP contribution < -0.4 is 0 Å². The quantitative estimate of drug-likeness (QED) is 0.362. The van der Waals surface area contributed by atoms with Crippen LogP contribution in [-0.2, 0) is 14.2 Å². The zero-order valence-corrected chi connectivity index (χ0v) is 12.6. The second-order valence-electron chi connectivity index (χ2n) is 4.83. The van der Waals surface area contributed by atoms with E-state index in [2.05, 4.69) is 14.2 Å². The average molecular weight is 460 g/mol. The molecule has 170 valence electrons. The number of halogens is 15. The normalized spacial score (nSPS) is 15.4. The minimum Gasteiger partial charge on any atom is -0.323 e. The molecule has 0 aliphatic heterocycles. The molecule has 0 fully saturated rings. The summed E-state index contributed by atoms with van der Waals surface area (Å²) >= 11 is 0. The molecule has 0 aliphatic carbocycles. The van der Waals surface area contributed by atoms with E-state index >= 15 is 0 Å². The molecule has 0 atom stereocenters. The first-order valence-corrected chi connectivity index (χ1v) is 6.22. The molecule has 0 saturated heterocycles. The lowest BCUT2D eigenvalue weighted by Crippen LogP contribution is -2.47. The summed E-state index contributed by atoms with van der Waals surface area (Å²) in [5, 5.41) is 0. The van der Waals surface area contributed by atoms with Crippen LogP contribution in [-0.4, -0.2) is 62.6 Å². The van der Waals surface area contributed by atoms with Crippen LogP contribution in [0.15, 0.2) is 0 Å². The lowest BCUT2D eigenvalue weighted by atomic mass is 10.3. The maximum absolute atomic E-state index is 12.6. The molecule has 18 heteroatoms. The molecule has 0 unspecified atom stereocenters. The smallest absolute Gasteiger partial charge is 0.323 e. The predicted octanol–water partition coefficient (Wildman–Crippen LogP) is 4.91. The molecule has 0 amide bonds. The minimum atomic E-state index is -6.36. The van der Waals surface area contributed by atoms with Crippen molar-refractivity contribution in [2.75, 3.05) is 19.8 Å². The SMILES string of the molecule is FC(F)(F)C(F)(F)COC(OCC(F)(F)C(F)(F)F)OCC(F)(F)C(F)(F)F. The van der Waals surface area contributed by atoms with Crippen molar-refractivity contribution in [3.63, 3.8) is 0 Å². The first kappa shape index (κ1) is 26.8. The Morgan fingerprint density at radius 1 is 0.393 bits per heavy atom. The van der Waals surface area contributed by atoms with Crippen molar-refractivity contribution in [3.05, 3.63) is 0 Å². The van der Waals surface area contributed by atoms with Gasteiger partial charge < -0.3 is 14.2 Å². The van der Waals surface area contributed by atoms with E-state index in [1.807, 2.05) is 0 Å². The number of ether oxygens (including phenoxy) is 3. The highest BCUT2D eigenvalue weighted by Gasteiger charge is 2.61. The van der Waals surface area contributed by atoms with Crippen molar-refractivity contribution in [2.24, 2.45) is 0 Å². The van der Waals surface area contributed by atoms with Crippen LogP contribution >= 0.6 is 0 Å². The van der Waals surface area contributed by atoms with Gasteiger partial charge in [0, 0.05) is 0 Å². The van der Waals surface area contributed by atoms with E-state index < -0.39 is 62.6 Å². The van der Waals surface area contributed by atoms with Gasteiger partial charge in [-0.1, -0.05) is 0 Å². The van der Waals surface area contributed by atoms with Crippen molar-refractivity contribution in [1.29, 1.82) is 0 Å². The average Bonchev–Trinajstić information content (AvgIpc) is 2.42. The highest BCUT2D eigenvalue weighted by Crippen LogP contribution is 2.39. The van der Waals surface area contributed by atoms with Crippen LogP contribution in [0.3, 0.4) is 0 Å². The Balaban J connectivity index is 5.23. The molecule has 0 rings (SSSR count). The Morgan fingerprint density at radius 2 is 0.571 bits per heavy atom. The summed E-state index contributed by atoms with van der Waals surface area (Å²) in [6.45, 7) is -12.3. The van der Waals surface area contributed by atoms with Gasteiger partial charge in [0.15, 0.2) is 0 Å². The van der Waals surface area contributed by atoms with Crippen LogP contribution in [0.4, 0.5) is 65.9 Å². The Morgan fingerprint density at radius 3 is 0.714 bits per heavy atom. The van der Waals surface area contributed by atoms with Gasteiger partial charge in [-0.05, 0) is 0 Å². The standard InChI is InChI=1S/C10H7F15O3/c11-5(12,8(17,18)19)1-26-4(27-2-6(13,14)9(20,21)22)28-3-7(15,16)10(23,24)25/h4H,1-3H2. The molecule has 28 heavy (non-hydrogen) atoms. The summed E-state index contributed by atoms with van der Waals surface area (Å²) in [6.07, 6.45) is -19.1. The number of alkyl halides is 15. The number of rotatable bonds is 9. The van der Waals surface area contributed by atoms with Crippen molar-refractivity contribution >= 4 is 0 Å². The highest BCUT2D eigenvalue weighted by molar-refractivity contribution is 4.77. The van der Waals surface area contributed by atoms with E-state index in [4.69, 9.17) is 0 Å². The molecule has 0 saturated carbocycles. The van der Waals surface area contributed by atoms with E-state index in [1.54, 1.807) is 0 Å². The molecular formula is C10H7F15O3. The van der Waals surface area contributed by atoms with Crippen molar-refractivity contribution in [3.8, 4) is 0 Å². The van der Waals surface area contributed by atoms with Crippen molar-refractivity contribution in [2.45, 2.75) is 42.8 Å². The maximum Gasteiger partial charge on any atom is 0.455 e. The molecule has 0 aromatic carbocycles. The number of hydrogen-bond acceptors (Lipinski definition) is 3. The van der Waals surface area contributed by atoms with Gasteiger partial charge in [-0.3, -0.25) is 0 Å². The lowest BCUT2D eigenvalue weighted by molar-refractivity contribution is -0.382. The summed E-state index contributed by atoms with van der Waals surface area (Å²) in [5.74, 6) is -17.4. The molecule has 0 spiro atoms. The third-order valence-electron chi connectivity index (χ3n) is 2.45. The Labute approximate surface area is 144 Å². The van der Waals surface area contributed by atoms with Crippen molar-refractivity contribution in [1.82, 2.24) is 0 Å². The molecule has 0 heterocycles. The van der Waals surface area contributed by atoms with Crippen LogP contribution in [0, 0.1) is 0 Å². The van der Waals surface area contributed by atoms with Gasteiger partial charge in [0.1, 0.15) is 19.8 Å². The van der Waals surface area contributed by atoms with E-state index in [0.29, 0.717) is 0 Å². The fourth-order valence-electron chi connectivity index (χ4n) is 0.908. The molecule has 0 aromatic rings. The molecule has 0 N–H and O–H groups in total. The Bertz CT molecular complexity index is 420. The monoisotopic (exact) mass is 460 g/mol. The molecule has 0 bridgehead atoms. The Hall–Kier alpha value is -1.17. The van der Waals surface area contributed by atoms with E-state index in [0.717, 1.165) is 0 Å². The lowest BCUT2D eigenvalue weighted by Gasteiger charge is -2.27. The van der Waals surface area contributed by atoms with Gasteiger partial charge >= 0.3 is 36.3 Å². The zero-order chi connectivity index (χ0) is 22.8. The molecule has 3 nitrogen and oxygen atoms in total.